The van der Waals surface area contributed by atoms with E-state index in [2.05, 4.69) is 22.5 Å². The fraction of sp³-hybridized carbons (Fsp3) is 0.279. The number of carbonyl (C=O) groups excluding carboxylic acids is 4. The molecule has 12 heteroatoms. The maximum Gasteiger partial charge on any atom is 0.242 e. The number of para-hydroxylation sites is 1. The summed E-state index contributed by atoms with van der Waals surface area (Å²) in [7, 11) is 1.72. The average Bonchev–Trinajstić information content (AvgIpc) is 3.83. The summed E-state index contributed by atoms with van der Waals surface area (Å²) in [6, 6.07) is 20.1. The standard InChI is InChI=1S/C43H36BrClN4O5S/c1-5-7-22-8-6-9-28(37(22)50)36-26-15-16-27-35(41(53)48(39(27)51)25-13-10-23(44)11-14-25)30(26)19-31-40(52)49(42(54)43(31,36)3)34-20-32(46-47(34)4)38-21(2)29-18-24(45)12-17-33(29)55-38/h5-6,8-15,17-18,20,27,30-31,35-36,50H,1,7,16,19H2,2-4H3/t27-,30+,31-,35-,36+,43+/m0/s1. The van der Waals surface area contributed by atoms with Crippen LogP contribution in [0.3, 0.4) is 0 Å². The van der Waals surface area contributed by atoms with Gasteiger partial charge >= 0.3 is 0 Å². The lowest BCUT2D eigenvalue weighted by Crippen LogP contribution is -2.49. The van der Waals surface area contributed by atoms with E-state index in [-0.39, 0.29) is 24.0 Å². The minimum atomic E-state index is -1.33. The molecule has 0 unspecified atom stereocenters. The van der Waals surface area contributed by atoms with Gasteiger partial charge in [-0.1, -0.05) is 63.5 Å². The van der Waals surface area contributed by atoms with Crippen LogP contribution in [-0.4, -0.2) is 38.5 Å². The second-order valence-electron chi connectivity index (χ2n) is 15.2. The molecular formula is C43H36BrClN4O5S. The molecule has 1 saturated carbocycles. The van der Waals surface area contributed by atoms with Gasteiger partial charge in [-0.25, -0.2) is 4.90 Å². The predicted octanol–water partition coefficient (Wildman–Crippen LogP) is 8.90. The van der Waals surface area contributed by atoms with Crippen molar-refractivity contribution in [2.24, 2.45) is 36.1 Å². The molecule has 4 aliphatic rings. The Balaban J connectivity index is 1.17. The maximum absolute atomic E-state index is 15.2. The summed E-state index contributed by atoms with van der Waals surface area (Å²) in [5.41, 5.74) is 2.74. The number of rotatable bonds is 6. The van der Waals surface area contributed by atoms with E-state index in [1.807, 2.05) is 50.3 Å². The maximum atomic E-state index is 15.2. The Morgan fingerprint density at radius 1 is 1.02 bits per heavy atom. The van der Waals surface area contributed by atoms with E-state index < -0.39 is 46.8 Å². The number of phenols is 1. The second-order valence-corrected chi connectivity index (χ2v) is 17.6. The summed E-state index contributed by atoms with van der Waals surface area (Å²) in [5, 5.41) is 18.3. The Morgan fingerprint density at radius 2 is 1.78 bits per heavy atom. The third-order valence-corrected chi connectivity index (χ3v) is 14.5. The largest absolute Gasteiger partial charge is 0.507 e. The highest BCUT2D eigenvalue weighted by Crippen LogP contribution is 2.64. The Hall–Kier alpha value is -4.84. The Kier molecular flexibility index (Phi) is 8.38. The summed E-state index contributed by atoms with van der Waals surface area (Å²) < 4.78 is 3.44. The van der Waals surface area contributed by atoms with Crippen molar-refractivity contribution in [2.75, 3.05) is 9.80 Å². The lowest BCUT2D eigenvalue weighted by atomic mass is 9.51. The summed E-state index contributed by atoms with van der Waals surface area (Å²) in [5.74, 6) is -4.49. The molecule has 278 valence electrons. The number of anilines is 2. The first-order chi connectivity index (χ1) is 26.3. The van der Waals surface area contributed by atoms with Gasteiger partial charge in [0.1, 0.15) is 17.3 Å². The van der Waals surface area contributed by atoms with Gasteiger partial charge in [-0.2, -0.15) is 5.10 Å². The van der Waals surface area contributed by atoms with Crippen molar-refractivity contribution in [1.82, 2.24) is 9.78 Å². The number of amides is 4. The molecule has 0 spiro atoms. The zero-order chi connectivity index (χ0) is 38.7. The van der Waals surface area contributed by atoms with Crippen LogP contribution in [0.15, 0.2) is 95.5 Å². The van der Waals surface area contributed by atoms with Gasteiger partial charge < -0.3 is 5.11 Å². The fourth-order valence-corrected chi connectivity index (χ4v) is 11.4. The van der Waals surface area contributed by atoms with Crippen molar-refractivity contribution in [2.45, 2.75) is 39.0 Å². The van der Waals surface area contributed by atoms with Crippen molar-refractivity contribution in [3.8, 4) is 16.3 Å². The van der Waals surface area contributed by atoms with Gasteiger partial charge in [0.2, 0.25) is 23.6 Å². The summed E-state index contributed by atoms with van der Waals surface area (Å²) in [4.78, 5) is 62.0. The van der Waals surface area contributed by atoms with Crippen LogP contribution in [0.2, 0.25) is 5.02 Å². The number of phenolic OH excluding ortho intramolecular Hbond substituents is 1. The van der Waals surface area contributed by atoms with Crippen LogP contribution in [-0.2, 0) is 32.6 Å². The third-order valence-electron chi connectivity index (χ3n) is 12.4. The van der Waals surface area contributed by atoms with Gasteiger partial charge in [0, 0.05) is 38.8 Å². The molecule has 0 radical (unpaired) electrons. The molecular weight excluding hydrogens is 800 g/mol. The number of imide groups is 2. The van der Waals surface area contributed by atoms with Gasteiger partial charge in [-0.05, 0) is 98.0 Å². The molecule has 2 aliphatic heterocycles. The number of allylic oxidation sites excluding steroid dienone is 3. The van der Waals surface area contributed by atoms with Crippen LogP contribution in [0, 0.1) is 36.0 Å². The monoisotopic (exact) mass is 834 g/mol. The molecule has 6 atom stereocenters. The SMILES string of the molecule is C=CCc1cccc([C@H]2C3=CC[C@@H]4C(=O)N(c5ccc(Br)cc5)C(=O)[C@@H]4[C@@H]3C[C@H]3C(=O)N(c4cc(-c5sc6ccc(Cl)cc6c5C)nn4C)C(=O)[C@@]23C)c1O. The van der Waals surface area contributed by atoms with Gasteiger partial charge in [0.15, 0.2) is 0 Å². The molecule has 55 heavy (non-hydrogen) atoms. The topological polar surface area (TPSA) is 113 Å². The molecule has 9 nitrogen and oxygen atoms in total. The van der Waals surface area contributed by atoms with E-state index in [0.29, 0.717) is 46.2 Å². The smallest absolute Gasteiger partial charge is 0.242 e. The van der Waals surface area contributed by atoms with Crippen LogP contribution in [0.5, 0.6) is 5.75 Å². The zero-order valence-corrected chi connectivity index (χ0v) is 33.4. The van der Waals surface area contributed by atoms with E-state index in [9.17, 15) is 19.5 Å². The lowest BCUT2D eigenvalue weighted by Gasteiger charge is -2.49. The van der Waals surface area contributed by atoms with Crippen LogP contribution < -0.4 is 9.80 Å². The molecule has 4 amide bonds. The molecule has 9 rings (SSSR count). The van der Waals surface area contributed by atoms with Crippen molar-refractivity contribution in [1.29, 1.82) is 0 Å². The molecule has 2 aliphatic carbocycles. The van der Waals surface area contributed by atoms with Crippen LogP contribution in [0.1, 0.15) is 42.4 Å². The number of carbonyl (C=O) groups is 4. The molecule has 0 bridgehead atoms. The van der Waals surface area contributed by atoms with E-state index in [4.69, 9.17) is 16.7 Å². The van der Waals surface area contributed by atoms with Gasteiger partial charge in [0.05, 0.1) is 33.7 Å². The molecule has 3 aromatic carbocycles. The number of fused-ring (bicyclic) bond motifs is 5. The normalized spacial score (nSPS) is 26.1. The molecule has 5 aromatic rings. The highest BCUT2D eigenvalue weighted by Gasteiger charge is 2.68. The van der Waals surface area contributed by atoms with Crippen LogP contribution in [0.4, 0.5) is 11.5 Å². The molecule has 2 saturated heterocycles. The van der Waals surface area contributed by atoms with Crippen molar-refractivity contribution < 1.29 is 24.3 Å². The Labute approximate surface area is 335 Å². The van der Waals surface area contributed by atoms with Gasteiger partial charge in [0.25, 0.3) is 0 Å². The molecule has 4 heterocycles. The minimum Gasteiger partial charge on any atom is -0.507 e. The first-order valence-electron chi connectivity index (χ1n) is 18.2. The lowest BCUT2D eigenvalue weighted by molar-refractivity contribution is -0.131. The van der Waals surface area contributed by atoms with Crippen LogP contribution >= 0.6 is 38.9 Å². The second kappa shape index (κ2) is 12.9. The Bertz CT molecular complexity index is 2560. The zero-order valence-electron chi connectivity index (χ0n) is 30.3. The van der Waals surface area contributed by atoms with Crippen LogP contribution in [0.25, 0.3) is 20.7 Å². The van der Waals surface area contributed by atoms with E-state index in [1.54, 1.807) is 65.5 Å². The van der Waals surface area contributed by atoms with E-state index in [0.717, 1.165) is 30.6 Å². The number of hydrogen-bond acceptors (Lipinski definition) is 7. The number of halogens is 2. The number of hydrogen-bond donors (Lipinski definition) is 1. The van der Waals surface area contributed by atoms with Crippen molar-refractivity contribution >= 4 is 84.1 Å². The predicted molar refractivity (Wildman–Crippen MR) is 217 cm³/mol. The molecule has 1 N–H and O–H groups in total. The number of thiophene rings is 1. The first kappa shape index (κ1) is 35.8. The number of aryl methyl sites for hydroxylation is 2. The Morgan fingerprint density at radius 3 is 2.53 bits per heavy atom. The van der Waals surface area contributed by atoms with E-state index in [1.165, 1.54) is 9.80 Å². The summed E-state index contributed by atoms with van der Waals surface area (Å²) in [6.45, 7) is 7.69. The van der Waals surface area contributed by atoms with Gasteiger partial charge in [-0.15, -0.1) is 17.9 Å². The number of nitrogens with zero attached hydrogens (tertiary/aromatic N) is 4. The average molecular weight is 836 g/mol. The number of aromatic nitrogens is 2. The summed E-state index contributed by atoms with van der Waals surface area (Å²) in [6.07, 6.45) is 4.59. The van der Waals surface area contributed by atoms with Crippen molar-refractivity contribution in [3.63, 3.8) is 0 Å². The first-order valence-corrected chi connectivity index (χ1v) is 20.2. The quantitative estimate of drug-likeness (QED) is 0.135. The third kappa shape index (κ3) is 5.12. The molecule has 3 fully saturated rings. The number of benzene rings is 3. The van der Waals surface area contributed by atoms with E-state index >= 15 is 4.79 Å². The van der Waals surface area contributed by atoms with Crippen molar-refractivity contribution in [3.05, 3.63) is 117 Å². The summed E-state index contributed by atoms with van der Waals surface area (Å²) >= 11 is 11.3. The minimum absolute atomic E-state index is 0.0308. The fourth-order valence-electron chi connectivity index (χ4n) is 9.80. The highest BCUT2D eigenvalue weighted by molar-refractivity contribution is 9.10. The number of aromatic hydroxyl groups is 1. The highest BCUT2D eigenvalue weighted by atomic mass is 79.9. The molecule has 2 aromatic heterocycles. The van der Waals surface area contributed by atoms with Gasteiger partial charge in [-0.3, -0.25) is 28.8 Å².